The smallest absolute Gasteiger partial charge is 0.135 e. The molecule has 3 heterocycles. The highest BCUT2D eigenvalue weighted by atomic mass is 16.5. The van der Waals surface area contributed by atoms with Crippen LogP contribution in [0.5, 0.6) is 0 Å². The molecule has 4 rings (SSSR count). The van der Waals surface area contributed by atoms with Crippen LogP contribution in [0, 0.1) is 0 Å². The summed E-state index contributed by atoms with van der Waals surface area (Å²) in [5.41, 5.74) is 1.59. The molecule has 0 unspecified atom stereocenters. The minimum Gasteiger partial charge on any atom is -0.394 e. The lowest BCUT2D eigenvalue weighted by atomic mass is 9.94. The van der Waals surface area contributed by atoms with Crippen molar-refractivity contribution in [1.82, 2.24) is 14.9 Å². The van der Waals surface area contributed by atoms with Gasteiger partial charge in [0.2, 0.25) is 0 Å². The molecule has 0 spiro atoms. The zero-order chi connectivity index (χ0) is 19.4. The second-order valence-electron chi connectivity index (χ2n) is 7.44. The van der Waals surface area contributed by atoms with Gasteiger partial charge in [0.15, 0.2) is 0 Å². The molecule has 0 amide bonds. The second-order valence-corrected chi connectivity index (χ2v) is 7.44. The first kappa shape index (κ1) is 18.8. The van der Waals surface area contributed by atoms with Gasteiger partial charge in [-0.25, -0.2) is 4.98 Å². The number of anilines is 1. The summed E-state index contributed by atoms with van der Waals surface area (Å²) in [7, 11) is 0. The molecule has 3 aromatic rings. The maximum Gasteiger partial charge on any atom is 0.135 e. The van der Waals surface area contributed by atoms with Gasteiger partial charge in [-0.2, -0.15) is 0 Å². The third-order valence-corrected chi connectivity index (χ3v) is 5.48. The number of benzene rings is 1. The fourth-order valence-electron chi connectivity index (χ4n) is 3.90. The fraction of sp³-hybridized carbons (Fsp3) is 0.364. The topological polar surface area (TPSA) is 70.5 Å². The van der Waals surface area contributed by atoms with E-state index >= 15 is 0 Å². The summed E-state index contributed by atoms with van der Waals surface area (Å²) in [6.45, 7) is 4.56. The van der Waals surface area contributed by atoms with E-state index in [9.17, 15) is 5.11 Å². The van der Waals surface area contributed by atoms with Gasteiger partial charge in [-0.3, -0.25) is 9.88 Å². The van der Waals surface area contributed by atoms with Crippen LogP contribution in [0.3, 0.4) is 0 Å². The van der Waals surface area contributed by atoms with Gasteiger partial charge in [0, 0.05) is 36.9 Å². The lowest BCUT2D eigenvalue weighted by Gasteiger charge is -2.49. The van der Waals surface area contributed by atoms with Gasteiger partial charge in [0.05, 0.1) is 30.9 Å². The predicted molar refractivity (Wildman–Crippen MR) is 110 cm³/mol. The van der Waals surface area contributed by atoms with E-state index in [1.165, 1.54) is 5.56 Å². The summed E-state index contributed by atoms with van der Waals surface area (Å²) in [5.74, 6) is 0.774. The SMILES string of the molecule is C[C@@H]1COC[C@@](CO)(CNc2nccc3ncccc23)N1Cc1ccccc1. The molecule has 0 radical (unpaired) electrons. The van der Waals surface area contributed by atoms with Crippen molar-refractivity contribution in [2.45, 2.75) is 25.0 Å². The normalized spacial score (nSPS) is 23.0. The minimum atomic E-state index is -0.528. The van der Waals surface area contributed by atoms with Crippen LogP contribution in [0.4, 0.5) is 5.82 Å². The van der Waals surface area contributed by atoms with E-state index in [4.69, 9.17) is 4.74 Å². The van der Waals surface area contributed by atoms with Crippen molar-refractivity contribution in [3.05, 3.63) is 66.5 Å². The van der Waals surface area contributed by atoms with Crippen LogP contribution < -0.4 is 5.32 Å². The minimum absolute atomic E-state index is 0.000188. The highest BCUT2D eigenvalue weighted by Crippen LogP contribution is 2.28. The summed E-state index contributed by atoms with van der Waals surface area (Å²) in [6.07, 6.45) is 3.53. The zero-order valence-corrected chi connectivity index (χ0v) is 16.1. The summed E-state index contributed by atoms with van der Waals surface area (Å²) < 4.78 is 5.86. The molecule has 2 atom stereocenters. The van der Waals surface area contributed by atoms with Crippen LogP contribution >= 0.6 is 0 Å². The van der Waals surface area contributed by atoms with E-state index < -0.39 is 5.54 Å². The molecular formula is C22H26N4O2. The number of fused-ring (bicyclic) bond motifs is 1. The largest absolute Gasteiger partial charge is 0.394 e. The molecule has 1 aliphatic heterocycles. The Morgan fingerprint density at radius 1 is 1.14 bits per heavy atom. The molecule has 28 heavy (non-hydrogen) atoms. The van der Waals surface area contributed by atoms with Crippen LogP contribution in [-0.2, 0) is 11.3 Å². The Morgan fingerprint density at radius 3 is 2.82 bits per heavy atom. The van der Waals surface area contributed by atoms with Gasteiger partial charge < -0.3 is 15.2 Å². The van der Waals surface area contributed by atoms with E-state index in [2.05, 4.69) is 39.2 Å². The van der Waals surface area contributed by atoms with Crippen molar-refractivity contribution >= 4 is 16.7 Å². The van der Waals surface area contributed by atoms with Gasteiger partial charge in [0.1, 0.15) is 5.82 Å². The maximum atomic E-state index is 10.4. The molecule has 2 N–H and O–H groups in total. The van der Waals surface area contributed by atoms with Gasteiger partial charge in [-0.15, -0.1) is 0 Å². The number of ether oxygens (including phenoxy) is 1. The molecule has 2 aromatic heterocycles. The van der Waals surface area contributed by atoms with E-state index in [1.807, 2.05) is 36.4 Å². The molecule has 1 aromatic carbocycles. The van der Waals surface area contributed by atoms with Gasteiger partial charge >= 0.3 is 0 Å². The predicted octanol–water partition coefficient (Wildman–Crippen LogP) is 2.69. The fourth-order valence-corrected chi connectivity index (χ4v) is 3.90. The number of rotatable bonds is 6. The number of nitrogens with zero attached hydrogens (tertiary/aromatic N) is 3. The average molecular weight is 378 g/mol. The third-order valence-electron chi connectivity index (χ3n) is 5.48. The number of nitrogens with one attached hydrogen (secondary N) is 1. The summed E-state index contributed by atoms with van der Waals surface area (Å²) in [4.78, 5) is 11.2. The highest BCUT2D eigenvalue weighted by molar-refractivity contribution is 5.88. The van der Waals surface area contributed by atoms with Crippen molar-refractivity contribution in [3.63, 3.8) is 0 Å². The molecule has 1 fully saturated rings. The molecule has 0 aliphatic carbocycles. The Morgan fingerprint density at radius 2 is 2.00 bits per heavy atom. The van der Waals surface area contributed by atoms with Crippen molar-refractivity contribution < 1.29 is 9.84 Å². The lowest BCUT2D eigenvalue weighted by Crippen LogP contribution is -2.65. The van der Waals surface area contributed by atoms with E-state index in [1.54, 1.807) is 12.4 Å². The third kappa shape index (κ3) is 3.71. The molecule has 146 valence electrons. The summed E-state index contributed by atoms with van der Waals surface area (Å²) in [5, 5.41) is 14.8. The highest BCUT2D eigenvalue weighted by Gasteiger charge is 2.42. The van der Waals surface area contributed by atoms with E-state index in [0.717, 1.165) is 23.3 Å². The Balaban J connectivity index is 1.59. The standard InChI is InChI=1S/C22H26N4O2/c1-17-13-28-16-22(15-27,26(17)12-18-6-3-2-4-7-18)14-25-21-19-8-5-10-23-20(19)9-11-24-21/h2-11,17,27H,12-16H2,1H3,(H,24,25)/t17-,22+/m1/s1. The quantitative estimate of drug-likeness (QED) is 0.687. The first-order valence-corrected chi connectivity index (χ1v) is 9.65. The summed E-state index contributed by atoms with van der Waals surface area (Å²) >= 11 is 0. The van der Waals surface area contributed by atoms with Crippen molar-refractivity contribution in [2.75, 3.05) is 31.7 Å². The van der Waals surface area contributed by atoms with Crippen LogP contribution in [0.1, 0.15) is 12.5 Å². The molecule has 6 heteroatoms. The Labute approximate surface area is 165 Å². The Kier molecular flexibility index (Phi) is 5.52. The first-order chi connectivity index (χ1) is 13.7. The second kappa shape index (κ2) is 8.22. The van der Waals surface area contributed by atoms with Gasteiger partial charge in [0.25, 0.3) is 0 Å². The molecule has 6 nitrogen and oxygen atoms in total. The van der Waals surface area contributed by atoms with Gasteiger partial charge in [-0.05, 0) is 30.7 Å². The molecule has 0 bridgehead atoms. The van der Waals surface area contributed by atoms with Crippen molar-refractivity contribution in [2.24, 2.45) is 0 Å². The maximum absolute atomic E-state index is 10.4. The van der Waals surface area contributed by atoms with Crippen molar-refractivity contribution in [1.29, 1.82) is 0 Å². The monoisotopic (exact) mass is 378 g/mol. The van der Waals surface area contributed by atoms with E-state index in [0.29, 0.717) is 19.8 Å². The number of aliphatic hydroxyl groups excluding tert-OH is 1. The first-order valence-electron chi connectivity index (χ1n) is 9.65. The molecule has 0 saturated carbocycles. The molecule has 1 aliphatic rings. The zero-order valence-electron chi connectivity index (χ0n) is 16.1. The van der Waals surface area contributed by atoms with Crippen LogP contribution in [0.15, 0.2) is 60.9 Å². The number of aliphatic hydroxyl groups is 1. The molecular weight excluding hydrogens is 352 g/mol. The molecule has 1 saturated heterocycles. The Hall–Kier alpha value is -2.54. The lowest BCUT2D eigenvalue weighted by molar-refractivity contribution is -0.117. The van der Waals surface area contributed by atoms with Crippen LogP contribution in [0.25, 0.3) is 10.9 Å². The van der Waals surface area contributed by atoms with Gasteiger partial charge in [-0.1, -0.05) is 30.3 Å². The number of hydrogen-bond donors (Lipinski definition) is 2. The number of pyridine rings is 2. The van der Waals surface area contributed by atoms with Crippen molar-refractivity contribution in [3.8, 4) is 0 Å². The summed E-state index contributed by atoms with van der Waals surface area (Å²) in [6, 6.07) is 16.4. The Bertz CT molecular complexity index is 915. The van der Waals surface area contributed by atoms with Crippen LogP contribution in [0.2, 0.25) is 0 Å². The number of hydrogen-bond acceptors (Lipinski definition) is 6. The van der Waals surface area contributed by atoms with Crippen LogP contribution in [-0.4, -0.2) is 57.9 Å². The number of aromatic nitrogens is 2. The average Bonchev–Trinajstić information content (AvgIpc) is 2.75. The van der Waals surface area contributed by atoms with E-state index in [-0.39, 0.29) is 12.6 Å². The number of morpholine rings is 1.